The Labute approximate surface area is 287 Å². The molecule has 2 aromatic carbocycles. The molecule has 17 heteroatoms. The van der Waals surface area contributed by atoms with Crippen molar-refractivity contribution in [3.63, 3.8) is 0 Å². The molecule has 2 amide bonds. The number of terminal acetylenes is 1. The molecule has 2 aliphatic heterocycles. The van der Waals surface area contributed by atoms with E-state index in [-0.39, 0.29) is 34.5 Å². The maximum Gasteiger partial charge on any atom is 0.356 e. The Bertz CT molecular complexity index is 1880. The summed E-state index contributed by atoms with van der Waals surface area (Å²) in [4.78, 5) is 52.9. The SMILES string of the molecule is C#CCn1nnc(SCC2=C(C(=O)OC(c3ccccc3)c3ccccc3)N3C(=O)C(NC(=O)C(=NOC)c4csc(N)n4)[C@H]3SC2)n1. The van der Waals surface area contributed by atoms with Gasteiger partial charge in [0.2, 0.25) is 5.16 Å². The van der Waals surface area contributed by atoms with Gasteiger partial charge in [-0.05, 0) is 21.9 Å². The number of carbonyl (C=O) groups excluding carboxylic acids is 3. The highest BCUT2D eigenvalue weighted by Gasteiger charge is 2.55. The Morgan fingerprint density at radius 1 is 1.19 bits per heavy atom. The van der Waals surface area contributed by atoms with Crippen LogP contribution in [0.4, 0.5) is 5.13 Å². The number of thioether (sulfide) groups is 2. The minimum absolute atomic E-state index is 0.104. The van der Waals surface area contributed by atoms with Crippen LogP contribution in [0.25, 0.3) is 0 Å². The van der Waals surface area contributed by atoms with E-state index in [1.54, 1.807) is 5.38 Å². The number of esters is 1. The van der Waals surface area contributed by atoms with Crippen LogP contribution < -0.4 is 11.1 Å². The molecule has 2 atom stereocenters. The second kappa shape index (κ2) is 14.7. The second-order valence-corrected chi connectivity index (χ2v) is 13.1. The summed E-state index contributed by atoms with van der Waals surface area (Å²) in [6.07, 6.45) is 4.61. The van der Waals surface area contributed by atoms with Crippen molar-refractivity contribution in [2.75, 3.05) is 24.3 Å². The zero-order chi connectivity index (χ0) is 33.6. The predicted molar refractivity (Wildman–Crippen MR) is 180 cm³/mol. The Hall–Kier alpha value is -5.18. The molecule has 4 aromatic rings. The summed E-state index contributed by atoms with van der Waals surface area (Å²) >= 11 is 3.78. The van der Waals surface area contributed by atoms with Gasteiger partial charge < -0.3 is 20.6 Å². The smallest absolute Gasteiger partial charge is 0.356 e. The average Bonchev–Trinajstić information content (AvgIpc) is 3.76. The van der Waals surface area contributed by atoms with Gasteiger partial charge in [-0.15, -0.1) is 39.7 Å². The van der Waals surface area contributed by atoms with Crippen LogP contribution >= 0.6 is 34.9 Å². The molecule has 14 nitrogen and oxygen atoms in total. The number of thiazole rings is 1. The molecule has 2 aromatic heterocycles. The summed E-state index contributed by atoms with van der Waals surface area (Å²) in [5, 5.41) is 20.3. The molecule has 0 aliphatic carbocycles. The molecule has 0 bridgehead atoms. The Morgan fingerprint density at radius 2 is 1.90 bits per heavy atom. The fraction of sp³-hybridized carbons (Fsp3) is 0.226. The number of nitrogens with two attached hydrogens (primary N) is 1. The molecule has 1 saturated heterocycles. The molecule has 6 rings (SSSR count). The number of oxime groups is 1. The highest BCUT2D eigenvalue weighted by Crippen LogP contribution is 2.42. The Balaban J connectivity index is 1.28. The van der Waals surface area contributed by atoms with Crippen LogP contribution in [-0.4, -0.2) is 83.6 Å². The first-order valence-corrected chi connectivity index (χ1v) is 17.2. The second-order valence-electron chi connectivity index (χ2n) is 10.2. The van der Waals surface area contributed by atoms with Gasteiger partial charge in [-0.2, -0.15) is 4.80 Å². The summed E-state index contributed by atoms with van der Waals surface area (Å²) in [5.41, 5.74) is 8.08. The molecule has 0 spiro atoms. The maximum absolute atomic E-state index is 14.2. The van der Waals surface area contributed by atoms with Crippen LogP contribution in [0.2, 0.25) is 0 Å². The monoisotopic (exact) mass is 701 g/mol. The van der Waals surface area contributed by atoms with E-state index in [0.717, 1.165) is 22.5 Å². The number of β-lactam (4-membered cyclic amide) rings is 1. The van der Waals surface area contributed by atoms with Gasteiger partial charge in [0.15, 0.2) is 16.9 Å². The topological polar surface area (TPSA) is 180 Å². The van der Waals surface area contributed by atoms with Crippen molar-refractivity contribution in [3.8, 4) is 12.3 Å². The predicted octanol–water partition coefficient (Wildman–Crippen LogP) is 2.47. The van der Waals surface area contributed by atoms with Gasteiger partial charge in [0, 0.05) is 16.9 Å². The van der Waals surface area contributed by atoms with Crippen molar-refractivity contribution in [3.05, 3.63) is 94.1 Å². The zero-order valence-electron chi connectivity index (χ0n) is 25.3. The van der Waals surface area contributed by atoms with Gasteiger partial charge in [0.1, 0.15) is 36.5 Å². The van der Waals surface area contributed by atoms with E-state index >= 15 is 0 Å². The number of amides is 2. The van der Waals surface area contributed by atoms with Gasteiger partial charge in [0.05, 0.1) is 0 Å². The first-order valence-electron chi connectivity index (χ1n) is 14.3. The van der Waals surface area contributed by atoms with Crippen molar-refractivity contribution in [1.82, 2.24) is 35.4 Å². The largest absolute Gasteiger partial charge is 0.448 e. The number of nitrogens with zero attached hydrogens (tertiary/aromatic N) is 7. The molecule has 3 N–H and O–H groups in total. The van der Waals surface area contributed by atoms with Crippen molar-refractivity contribution < 1.29 is 24.0 Å². The molecular formula is C31H27N9O5S3. The molecule has 0 radical (unpaired) electrons. The van der Waals surface area contributed by atoms with Gasteiger partial charge in [-0.3, -0.25) is 14.5 Å². The normalized spacial score (nSPS) is 17.4. The fourth-order valence-electron chi connectivity index (χ4n) is 5.02. The lowest BCUT2D eigenvalue weighted by Crippen LogP contribution is -2.71. The number of hydrogen-bond acceptors (Lipinski definition) is 14. The van der Waals surface area contributed by atoms with Crippen molar-refractivity contribution in [2.45, 2.75) is 29.2 Å². The van der Waals surface area contributed by atoms with Crippen LogP contribution in [0.15, 0.2) is 87.6 Å². The maximum atomic E-state index is 14.2. The van der Waals surface area contributed by atoms with Crippen molar-refractivity contribution in [2.24, 2.45) is 5.16 Å². The Kier molecular flexibility index (Phi) is 10.0. The van der Waals surface area contributed by atoms with E-state index in [1.807, 2.05) is 60.7 Å². The highest BCUT2D eigenvalue weighted by atomic mass is 32.2. The van der Waals surface area contributed by atoms with E-state index in [9.17, 15) is 14.4 Å². The number of hydrogen-bond donors (Lipinski definition) is 2. The number of carbonyl (C=O) groups is 3. The number of ether oxygens (including phenoxy) is 1. The minimum atomic E-state index is -0.957. The third-order valence-corrected chi connectivity index (χ3v) is 10.1. The summed E-state index contributed by atoms with van der Waals surface area (Å²) in [6, 6.07) is 17.7. The molecule has 2 aliphatic rings. The summed E-state index contributed by atoms with van der Waals surface area (Å²) in [6.45, 7) is 0.160. The van der Waals surface area contributed by atoms with Crippen LogP contribution in [-0.2, 0) is 30.5 Å². The third-order valence-electron chi connectivity index (χ3n) is 7.16. The first kappa shape index (κ1) is 32.7. The quantitative estimate of drug-likeness (QED) is 0.0551. The molecule has 1 unspecified atom stereocenters. The van der Waals surface area contributed by atoms with Gasteiger partial charge >= 0.3 is 5.97 Å². The summed E-state index contributed by atoms with van der Waals surface area (Å²) in [7, 11) is 1.29. The lowest BCUT2D eigenvalue weighted by molar-refractivity contribution is -0.154. The first-order chi connectivity index (χ1) is 23.4. The highest BCUT2D eigenvalue weighted by molar-refractivity contribution is 8.01. The molecule has 4 heterocycles. The Morgan fingerprint density at radius 3 is 2.52 bits per heavy atom. The van der Waals surface area contributed by atoms with E-state index in [1.165, 1.54) is 40.3 Å². The number of fused-ring (bicyclic) bond motifs is 1. The standard InChI is InChI=1S/C31H27N9O5S3/c1-3-14-39-36-31(35-38-39)48-16-20-15-46-28-23(34-26(41)22(37-44-2)21-17-47-30(32)33-21)27(42)40(28)24(20)29(43)45-25(18-10-6-4-7-11-18)19-12-8-5-9-13-19/h1,4-13,17,23,25,28H,14-16H2,2H3,(H2,32,33)(H,34,41)/t23?,28-/m1/s1. The number of nitrogen functional groups attached to an aromatic ring is 1. The molecule has 1 fully saturated rings. The van der Waals surface area contributed by atoms with Crippen LogP contribution in [0.3, 0.4) is 0 Å². The lowest BCUT2D eigenvalue weighted by atomic mass is 10.0. The molecule has 0 saturated carbocycles. The molecular weight excluding hydrogens is 675 g/mol. The van der Waals surface area contributed by atoms with Gasteiger partial charge in [0.25, 0.3) is 11.8 Å². The summed E-state index contributed by atoms with van der Waals surface area (Å²) < 4.78 is 6.21. The fourth-order valence-corrected chi connectivity index (χ4v) is 7.83. The third kappa shape index (κ3) is 6.90. The van der Waals surface area contributed by atoms with E-state index in [4.69, 9.17) is 21.7 Å². The van der Waals surface area contributed by atoms with Gasteiger partial charge in [-0.1, -0.05) is 83.5 Å². The van der Waals surface area contributed by atoms with Crippen LogP contribution in [0.5, 0.6) is 0 Å². The number of tetrazole rings is 1. The summed E-state index contributed by atoms with van der Waals surface area (Å²) in [5.74, 6) is 1.23. The van der Waals surface area contributed by atoms with Gasteiger partial charge in [-0.25, -0.2) is 9.78 Å². The number of rotatable bonds is 12. The molecule has 244 valence electrons. The minimum Gasteiger partial charge on any atom is -0.448 e. The number of benzene rings is 2. The number of aromatic nitrogens is 5. The van der Waals surface area contributed by atoms with Crippen molar-refractivity contribution in [1.29, 1.82) is 0 Å². The van der Waals surface area contributed by atoms with Crippen LogP contribution in [0.1, 0.15) is 22.9 Å². The molecule has 48 heavy (non-hydrogen) atoms. The van der Waals surface area contributed by atoms with E-state index in [0.29, 0.717) is 16.5 Å². The number of nitrogens with one attached hydrogen (secondary N) is 1. The zero-order valence-corrected chi connectivity index (χ0v) is 27.7. The number of anilines is 1. The van der Waals surface area contributed by atoms with Crippen molar-refractivity contribution >= 4 is 63.5 Å². The average molecular weight is 702 g/mol. The lowest BCUT2D eigenvalue weighted by Gasteiger charge is -2.49. The van der Waals surface area contributed by atoms with Crippen LogP contribution in [0, 0.1) is 12.3 Å². The van der Waals surface area contributed by atoms with E-state index in [2.05, 4.69) is 36.8 Å². The van der Waals surface area contributed by atoms with E-state index < -0.39 is 35.3 Å².